The highest BCUT2D eigenvalue weighted by atomic mass is 16.5. The highest BCUT2D eigenvalue weighted by Crippen LogP contribution is 2.48. The smallest absolute Gasteiger partial charge is 0.343 e. The highest BCUT2D eigenvalue weighted by molar-refractivity contribution is 6.20. The second-order valence-electron chi connectivity index (χ2n) is 22.6. The van der Waals surface area contributed by atoms with Gasteiger partial charge in [0, 0.05) is 11.1 Å². The van der Waals surface area contributed by atoms with Crippen molar-refractivity contribution in [2.45, 2.75) is 78.1 Å². The van der Waals surface area contributed by atoms with Crippen molar-refractivity contribution in [3.05, 3.63) is 254 Å². The molecule has 12 aromatic carbocycles. The predicted octanol–water partition coefficient (Wildman–Crippen LogP) is 23.3. The van der Waals surface area contributed by atoms with Crippen LogP contribution in [0.2, 0.25) is 0 Å². The van der Waals surface area contributed by atoms with Crippen LogP contribution in [0, 0.1) is 0 Å². The van der Waals surface area contributed by atoms with Gasteiger partial charge in [-0.3, -0.25) is 0 Å². The minimum Gasteiger partial charge on any atom is -0.494 e. The molecule has 0 N–H and O–H groups in total. The Morgan fingerprint density at radius 2 is 0.622 bits per heavy atom. The number of fused-ring (bicyclic) bond motifs is 6. The minimum atomic E-state index is -0.542. The normalized spacial score (nSPS) is 11.5. The third-order valence-electron chi connectivity index (χ3n) is 16.3. The van der Waals surface area contributed by atoms with Crippen molar-refractivity contribution in [1.82, 2.24) is 0 Å². The van der Waals surface area contributed by atoms with Gasteiger partial charge in [-0.05, 0) is 187 Å². The average molecular weight is 1180 g/mol. The maximum atomic E-state index is 14.6. The molecule has 0 radical (unpaired) electrons. The molecule has 0 aliphatic heterocycles. The Bertz CT molecular complexity index is 4210. The summed E-state index contributed by atoms with van der Waals surface area (Å²) in [6, 6.07) is 78.1. The zero-order chi connectivity index (χ0) is 61.4. The minimum absolute atomic E-state index is 0.312. The van der Waals surface area contributed by atoms with Gasteiger partial charge in [0.25, 0.3) is 0 Å². The molecule has 10 nitrogen and oxygen atoms in total. The summed E-state index contributed by atoms with van der Waals surface area (Å²) in [5, 5.41) is 25.6. The van der Waals surface area contributed by atoms with Crippen LogP contribution in [0.4, 0.5) is 22.7 Å². The molecule has 0 aromatic heterocycles. The second-order valence-corrected chi connectivity index (χ2v) is 22.6. The first-order chi connectivity index (χ1) is 44.3. The SMILES string of the molecule is CCCCCCCOc1ccc(/N=N/c2ccc(-c3ccc(C(=O)Oc4ccc5c(ccc6ccccc65)c4-c4c(OC(=O)c5ccc(-c6ccc(/N=N/c7ccc(OCCCCCCC)cc7)cc6)cc5)ccc5c4ccc4ccccc45)cc3)cc2)cc1. The molecule has 0 spiro atoms. The Hall–Kier alpha value is -10.6. The molecule has 0 heterocycles. The van der Waals surface area contributed by atoms with Gasteiger partial charge in [-0.1, -0.05) is 199 Å². The lowest BCUT2D eigenvalue weighted by Crippen LogP contribution is -2.11. The quantitative estimate of drug-likeness (QED) is 0.0185. The monoisotopic (exact) mass is 1180 g/mol. The van der Waals surface area contributed by atoms with Gasteiger partial charge in [0.15, 0.2) is 0 Å². The van der Waals surface area contributed by atoms with E-state index in [1.807, 2.05) is 170 Å². The van der Waals surface area contributed by atoms with Crippen LogP contribution in [0.1, 0.15) is 98.8 Å². The van der Waals surface area contributed by atoms with E-state index in [0.717, 1.165) is 101 Å². The van der Waals surface area contributed by atoms with E-state index in [1.165, 1.54) is 51.4 Å². The van der Waals surface area contributed by atoms with Gasteiger partial charge in [0.05, 0.1) is 47.1 Å². The molecular weight excluding hydrogens is 1110 g/mol. The molecule has 0 atom stereocenters. The second kappa shape index (κ2) is 29.0. The fraction of sp³-hybridized carbons (Fsp3) is 0.175. The van der Waals surface area contributed by atoms with Crippen LogP contribution in [-0.2, 0) is 0 Å². The summed E-state index contributed by atoms with van der Waals surface area (Å²) in [5.74, 6) is 1.20. The molecule has 90 heavy (non-hydrogen) atoms. The Labute approximate surface area is 525 Å². The van der Waals surface area contributed by atoms with Crippen molar-refractivity contribution in [1.29, 1.82) is 0 Å². The van der Waals surface area contributed by atoms with Crippen molar-refractivity contribution in [3.8, 4) is 56.4 Å². The molecular formula is C80H70N4O6. The first-order valence-electron chi connectivity index (χ1n) is 31.4. The largest absolute Gasteiger partial charge is 0.494 e. The summed E-state index contributed by atoms with van der Waals surface area (Å²) in [4.78, 5) is 29.1. The molecule has 0 saturated heterocycles. The summed E-state index contributed by atoms with van der Waals surface area (Å²) in [5.41, 5.74) is 8.59. The molecule has 10 heteroatoms. The van der Waals surface area contributed by atoms with E-state index in [0.29, 0.717) is 58.3 Å². The Morgan fingerprint density at radius 3 is 0.989 bits per heavy atom. The van der Waals surface area contributed by atoms with Crippen LogP contribution >= 0.6 is 0 Å². The molecule has 12 rings (SSSR count). The number of rotatable bonds is 25. The van der Waals surface area contributed by atoms with E-state index in [4.69, 9.17) is 18.9 Å². The first-order valence-corrected chi connectivity index (χ1v) is 31.4. The van der Waals surface area contributed by atoms with Crippen LogP contribution in [0.15, 0.2) is 263 Å². The number of benzene rings is 12. The molecule has 0 unspecified atom stereocenters. The number of carbonyl (C=O) groups excluding carboxylic acids is 2. The fourth-order valence-electron chi connectivity index (χ4n) is 11.4. The lowest BCUT2D eigenvalue weighted by Gasteiger charge is -2.20. The van der Waals surface area contributed by atoms with Crippen molar-refractivity contribution >= 4 is 77.8 Å². The van der Waals surface area contributed by atoms with E-state index in [-0.39, 0.29) is 0 Å². The molecule has 0 fully saturated rings. The number of hydrogen-bond donors (Lipinski definition) is 0. The zero-order valence-corrected chi connectivity index (χ0v) is 50.8. The summed E-state index contributed by atoms with van der Waals surface area (Å²) >= 11 is 0. The lowest BCUT2D eigenvalue weighted by molar-refractivity contribution is 0.0723. The van der Waals surface area contributed by atoms with E-state index in [9.17, 15) is 9.59 Å². The molecule has 0 saturated carbocycles. The van der Waals surface area contributed by atoms with E-state index in [2.05, 4.69) is 82.8 Å². The summed E-state index contributed by atoms with van der Waals surface area (Å²) in [7, 11) is 0. The molecule has 0 amide bonds. The number of nitrogens with zero attached hydrogens (tertiary/aromatic N) is 4. The Balaban J connectivity index is 0.782. The number of azo groups is 2. The van der Waals surface area contributed by atoms with Gasteiger partial charge in [0.1, 0.15) is 23.0 Å². The first kappa shape index (κ1) is 59.7. The lowest BCUT2D eigenvalue weighted by atomic mass is 9.89. The van der Waals surface area contributed by atoms with Gasteiger partial charge in [-0.2, -0.15) is 20.5 Å². The van der Waals surface area contributed by atoms with Gasteiger partial charge >= 0.3 is 11.9 Å². The molecule has 12 aromatic rings. The number of ether oxygens (including phenoxy) is 4. The summed E-state index contributed by atoms with van der Waals surface area (Å²) in [6.07, 6.45) is 12.0. The molecule has 446 valence electrons. The predicted molar refractivity (Wildman–Crippen MR) is 365 cm³/mol. The van der Waals surface area contributed by atoms with E-state index < -0.39 is 11.9 Å². The van der Waals surface area contributed by atoms with Crippen molar-refractivity contribution in [2.24, 2.45) is 20.5 Å². The number of hydrogen-bond acceptors (Lipinski definition) is 10. The van der Waals surface area contributed by atoms with E-state index >= 15 is 0 Å². The third kappa shape index (κ3) is 14.4. The summed E-state index contributed by atoms with van der Waals surface area (Å²) in [6.45, 7) is 5.86. The maximum Gasteiger partial charge on any atom is 0.343 e. The van der Waals surface area contributed by atoms with Crippen molar-refractivity contribution < 1.29 is 28.5 Å². The molecule has 0 aliphatic carbocycles. The Kier molecular flexibility index (Phi) is 19.2. The van der Waals surface area contributed by atoms with Crippen molar-refractivity contribution in [3.63, 3.8) is 0 Å². The average Bonchev–Trinajstić information content (AvgIpc) is 0.839. The topological polar surface area (TPSA) is 121 Å². The van der Waals surface area contributed by atoms with Crippen LogP contribution in [0.5, 0.6) is 23.0 Å². The fourth-order valence-corrected chi connectivity index (χ4v) is 11.4. The van der Waals surface area contributed by atoms with Crippen molar-refractivity contribution in [2.75, 3.05) is 13.2 Å². The summed E-state index contributed by atoms with van der Waals surface area (Å²) < 4.78 is 24.9. The molecule has 0 bridgehead atoms. The van der Waals surface area contributed by atoms with E-state index in [1.54, 1.807) is 24.3 Å². The number of unbranched alkanes of at least 4 members (excludes halogenated alkanes) is 8. The van der Waals surface area contributed by atoms with Crippen LogP contribution in [0.3, 0.4) is 0 Å². The van der Waals surface area contributed by atoms with Gasteiger partial charge < -0.3 is 18.9 Å². The van der Waals surface area contributed by atoms with Crippen LogP contribution in [-0.4, -0.2) is 25.2 Å². The zero-order valence-electron chi connectivity index (χ0n) is 50.8. The third-order valence-corrected chi connectivity index (χ3v) is 16.3. The highest BCUT2D eigenvalue weighted by Gasteiger charge is 2.25. The number of esters is 2. The Morgan fingerprint density at radius 1 is 0.300 bits per heavy atom. The standard InChI is InChI=1S/C80H70N4O6/c1-3-5-7-9-15-53-87-67-43-39-65(40-44-67)83-81-63-35-29-57(30-36-63)55-21-25-61(26-22-55)79(85)89-75-51-49-71-69-19-13-11-17-59(69)33-47-73(71)77(75)78-74-48-34-60-18-12-14-20-70(60)72(74)50-52-76(78)90-80(86)62-27-23-56(24-28-62)58-31-37-64(38-32-58)82-84-66-41-45-68(46-42-66)88-54-16-10-8-6-4-2/h11-14,17-52H,3-10,15-16,53-54H2,1-2H3/b83-81+,84-82+. The van der Waals surface area contributed by atoms with Gasteiger partial charge in [0.2, 0.25) is 0 Å². The van der Waals surface area contributed by atoms with Gasteiger partial charge in [-0.25, -0.2) is 9.59 Å². The molecule has 0 aliphatic rings. The number of carbonyl (C=O) groups is 2. The van der Waals surface area contributed by atoms with Crippen LogP contribution in [0.25, 0.3) is 76.5 Å². The van der Waals surface area contributed by atoms with Crippen LogP contribution < -0.4 is 18.9 Å². The van der Waals surface area contributed by atoms with Gasteiger partial charge in [-0.15, -0.1) is 0 Å². The maximum absolute atomic E-state index is 14.6.